The number of fused-ring (bicyclic) bond motifs is 3. The number of ether oxygens (including phenoxy) is 3. The monoisotopic (exact) mass is 696 g/mol. The van der Waals surface area contributed by atoms with E-state index in [1.165, 1.54) is 24.0 Å². The number of carbonyl (C=O) groups is 1. The number of carbonyl (C=O) groups excluding carboxylic acids is 1. The summed E-state index contributed by atoms with van der Waals surface area (Å²) >= 11 is 1.15. The fraction of sp³-hybridized carbons (Fsp3) is 0.455. The number of benzene rings is 1. The van der Waals surface area contributed by atoms with Crippen LogP contribution < -0.4 is 20.7 Å². The third-order valence-electron chi connectivity index (χ3n) is 9.64. The number of methoxy groups -OCH3 is 1. The Labute approximate surface area is 280 Å². The number of aryl methyl sites for hydroxylation is 1. The lowest BCUT2D eigenvalue weighted by Crippen LogP contribution is -2.45. The van der Waals surface area contributed by atoms with Gasteiger partial charge in [-0.25, -0.2) is 27.5 Å². The van der Waals surface area contributed by atoms with Gasteiger partial charge in [-0.15, -0.1) is 11.3 Å². The van der Waals surface area contributed by atoms with Crippen LogP contribution >= 0.6 is 11.3 Å². The molecular weight excluding hydrogens is 661 g/mol. The van der Waals surface area contributed by atoms with Gasteiger partial charge in [0.1, 0.15) is 28.6 Å². The van der Waals surface area contributed by atoms with Crippen LogP contribution in [0.1, 0.15) is 62.7 Å². The molecule has 4 aromatic rings. The van der Waals surface area contributed by atoms with E-state index in [1.807, 2.05) is 29.0 Å². The molecule has 1 aliphatic carbocycles. The van der Waals surface area contributed by atoms with Gasteiger partial charge < -0.3 is 18.6 Å². The quantitative estimate of drug-likeness (QED) is 0.226. The van der Waals surface area contributed by atoms with E-state index in [-0.39, 0.29) is 36.1 Å². The molecule has 1 N–H and O–H groups in total. The first-order chi connectivity index (χ1) is 22.9. The van der Waals surface area contributed by atoms with E-state index in [0.29, 0.717) is 56.8 Å². The van der Waals surface area contributed by atoms with E-state index >= 15 is 0 Å². The second kappa shape index (κ2) is 12.1. The minimum Gasteiger partial charge on any atom is -0.496 e. The first-order valence-corrected chi connectivity index (χ1v) is 18.1. The molecular formula is C33H36N4O9S2. The van der Waals surface area contributed by atoms with Gasteiger partial charge in [-0.1, -0.05) is 24.8 Å². The molecule has 3 atom stereocenters. The molecule has 2 saturated heterocycles. The van der Waals surface area contributed by atoms with E-state index in [9.17, 15) is 22.8 Å². The summed E-state index contributed by atoms with van der Waals surface area (Å²) in [6.07, 6.45) is 6.30. The molecule has 0 radical (unpaired) electrons. The second-order valence-electron chi connectivity index (χ2n) is 12.9. The Morgan fingerprint density at radius 1 is 1.21 bits per heavy atom. The van der Waals surface area contributed by atoms with Gasteiger partial charge >= 0.3 is 5.69 Å². The summed E-state index contributed by atoms with van der Waals surface area (Å²) in [6, 6.07) is 7.36. The Morgan fingerprint density at radius 2 is 1.92 bits per heavy atom. The minimum absolute atomic E-state index is 0.0705. The summed E-state index contributed by atoms with van der Waals surface area (Å²) in [7, 11) is -2.53. The van der Waals surface area contributed by atoms with Gasteiger partial charge in [-0.05, 0) is 64.0 Å². The van der Waals surface area contributed by atoms with E-state index in [2.05, 4.69) is 11.6 Å². The average molecular weight is 697 g/mol. The summed E-state index contributed by atoms with van der Waals surface area (Å²) in [4.78, 5) is 47.0. The van der Waals surface area contributed by atoms with Crippen LogP contribution in [0, 0.1) is 6.92 Å². The standard InChI is InChI=1S/C33H36N4O9S2/c1-18-26-30(39)37(19(2)28(38)35-48(41,42)33(3)11-12-33)32(40)36(31(26)47-27(18)29-34-13-14-44-29)17-25(23-7-5-6-8-24(23)43-4)46-22-15-20-9-10-21(16-22)45-20/h5-8,13-14,20-22,25H,2,9-12,15-17H2,1,3-4H3,(H,35,38)/t20-,21-,25+/m1/s1. The van der Waals surface area contributed by atoms with Crippen molar-refractivity contribution in [3.8, 4) is 16.5 Å². The molecule has 1 saturated carbocycles. The Morgan fingerprint density at radius 3 is 2.56 bits per heavy atom. The van der Waals surface area contributed by atoms with Crippen molar-refractivity contribution in [2.75, 3.05) is 7.11 Å². The van der Waals surface area contributed by atoms with Gasteiger partial charge in [0, 0.05) is 5.56 Å². The van der Waals surface area contributed by atoms with Crippen LogP contribution in [0.5, 0.6) is 5.75 Å². The lowest BCUT2D eigenvalue weighted by atomic mass is 10.0. The highest BCUT2D eigenvalue weighted by atomic mass is 32.2. The Hall–Kier alpha value is -4.05. The number of para-hydroxylation sites is 1. The molecule has 3 aromatic heterocycles. The third-order valence-corrected chi connectivity index (χ3v) is 13.1. The zero-order valence-electron chi connectivity index (χ0n) is 26.8. The normalized spacial score (nSPS) is 22.0. The number of rotatable bonds is 11. The minimum atomic E-state index is -4.08. The number of oxazole rings is 1. The number of hydrogen-bond acceptors (Lipinski definition) is 11. The fourth-order valence-corrected chi connectivity index (χ4v) is 9.09. The van der Waals surface area contributed by atoms with Crippen molar-refractivity contribution in [1.29, 1.82) is 0 Å². The molecule has 2 bridgehead atoms. The van der Waals surface area contributed by atoms with E-state index in [4.69, 9.17) is 18.6 Å². The zero-order chi connectivity index (χ0) is 34.0. The highest BCUT2D eigenvalue weighted by molar-refractivity contribution is 7.91. The highest BCUT2D eigenvalue weighted by Crippen LogP contribution is 2.42. The van der Waals surface area contributed by atoms with Crippen molar-refractivity contribution in [1.82, 2.24) is 18.8 Å². The summed E-state index contributed by atoms with van der Waals surface area (Å²) < 4.78 is 52.8. The van der Waals surface area contributed by atoms with Crippen molar-refractivity contribution in [2.24, 2.45) is 0 Å². The number of sulfonamides is 1. The van der Waals surface area contributed by atoms with Gasteiger partial charge in [0.25, 0.3) is 11.5 Å². The van der Waals surface area contributed by atoms with Crippen LogP contribution in [0.25, 0.3) is 26.7 Å². The first-order valence-electron chi connectivity index (χ1n) is 15.8. The van der Waals surface area contributed by atoms with Crippen molar-refractivity contribution in [3.63, 3.8) is 0 Å². The van der Waals surface area contributed by atoms with E-state index in [0.717, 1.165) is 24.2 Å². The molecule has 2 aliphatic heterocycles. The van der Waals surface area contributed by atoms with Crippen LogP contribution in [0.4, 0.5) is 0 Å². The number of hydrogen-bond donors (Lipinski definition) is 1. The molecule has 1 aromatic carbocycles. The van der Waals surface area contributed by atoms with Crippen molar-refractivity contribution in [3.05, 3.63) is 75.3 Å². The maximum Gasteiger partial charge on any atom is 0.337 e. The first kappa shape index (κ1) is 32.5. The Kier molecular flexibility index (Phi) is 8.21. The average Bonchev–Trinajstić information content (AvgIpc) is 3.35. The van der Waals surface area contributed by atoms with Crippen LogP contribution in [0.2, 0.25) is 0 Å². The van der Waals surface area contributed by atoms with Crippen LogP contribution in [0.3, 0.4) is 0 Å². The molecule has 1 amide bonds. The predicted molar refractivity (Wildman–Crippen MR) is 178 cm³/mol. The van der Waals surface area contributed by atoms with E-state index in [1.54, 1.807) is 14.0 Å². The van der Waals surface area contributed by atoms with Gasteiger partial charge in [0.05, 0.1) is 53.2 Å². The number of amides is 1. The molecule has 13 nitrogen and oxygen atoms in total. The van der Waals surface area contributed by atoms with Crippen LogP contribution in [0.15, 0.2) is 57.3 Å². The third kappa shape index (κ3) is 5.61. The molecule has 254 valence electrons. The second-order valence-corrected chi connectivity index (χ2v) is 16.1. The summed E-state index contributed by atoms with van der Waals surface area (Å²) in [5.41, 5.74) is -1.14. The number of aromatic nitrogens is 3. The molecule has 3 aliphatic rings. The lowest BCUT2D eigenvalue weighted by Gasteiger charge is -2.32. The SMILES string of the molecule is C=C(C(=O)NS(=O)(=O)C1(C)CC1)n1c(=O)c2c(C)c(-c3ncco3)sc2n(C[C@H](OC2C[C@H]3CC[C@H](C2)O3)c2ccccc2OC)c1=O. The highest BCUT2D eigenvalue weighted by Gasteiger charge is 2.51. The Bertz CT molecular complexity index is 2130. The molecule has 0 unspecified atom stereocenters. The number of nitrogens with zero attached hydrogens (tertiary/aromatic N) is 3. The molecule has 15 heteroatoms. The maximum atomic E-state index is 14.5. The van der Waals surface area contributed by atoms with E-state index < -0.39 is 43.7 Å². The summed E-state index contributed by atoms with van der Waals surface area (Å²) in [6.45, 7) is 6.89. The van der Waals surface area contributed by atoms with Crippen LogP contribution in [-0.2, 0) is 30.8 Å². The fourth-order valence-electron chi connectivity index (χ4n) is 6.60. The van der Waals surface area contributed by atoms with Crippen molar-refractivity contribution in [2.45, 2.75) is 88.1 Å². The van der Waals surface area contributed by atoms with Gasteiger partial charge in [0.15, 0.2) is 0 Å². The molecule has 0 spiro atoms. The maximum absolute atomic E-state index is 14.5. The van der Waals surface area contributed by atoms with Gasteiger partial charge in [-0.3, -0.25) is 14.2 Å². The topological polar surface area (TPSA) is 161 Å². The van der Waals surface area contributed by atoms with Crippen molar-refractivity contribution >= 4 is 43.2 Å². The Balaban J connectivity index is 1.37. The predicted octanol–water partition coefficient (Wildman–Crippen LogP) is 4.13. The van der Waals surface area contributed by atoms with Crippen LogP contribution in [-0.4, -0.2) is 58.6 Å². The summed E-state index contributed by atoms with van der Waals surface area (Å²) in [5, 5.41) is 0.140. The molecule has 5 heterocycles. The lowest BCUT2D eigenvalue weighted by molar-refractivity contribution is -0.114. The molecule has 7 rings (SSSR count). The smallest absolute Gasteiger partial charge is 0.337 e. The van der Waals surface area contributed by atoms with Crippen molar-refractivity contribution < 1.29 is 31.8 Å². The number of nitrogens with one attached hydrogen (secondary N) is 1. The zero-order valence-corrected chi connectivity index (χ0v) is 28.4. The van der Waals surface area contributed by atoms with Gasteiger partial charge in [-0.2, -0.15) is 0 Å². The largest absolute Gasteiger partial charge is 0.496 e. The molecule has 3 fully saturated rings. The number of thiophene rings is 1. The summed E-state index contributed by atoms with van der Waals surface area (Å²) in [5.74, 6) is -0.348. The molecule has 48 heavy (non-hydrogen) atoms. The van der Waals surface area contributed by atoms with Gasteiger partial charge in [0.2, 0.25) is 15.9 Å².